The van der Waals surface area contributed by atoms with Gasteiger partial charge in [0.1, 0.15) is 0 Å². The van der Waals surface area contributed by atoms with E-state index in [1.165, 1.54) is 0 Å². The number of rotatable bonds is 9. The SMILES string of the molecule is O=C(O)Cn1nnc(CCc2ccc(/C(=C\C3CCOC3)c3ccc(C4CC4)c(=O)[nH]3)cc2Cl)n1. The number of aliphatic carboxylic acids is 1. The molecule has 0 bridgehead atoms. The van der Waals surface area contributed by atoms with E-state index in [4.69, 9.17) is 21.4 Å². The maximum Gasteiger partial charge on any atom is 0.327 e. The van der Waals surface area contributed by atoms with Crippen LogP contribution in [0.15, 0.2) is 41.2 Å². The number of carboxylic acid groups (broad SMARTS) is 1. The van der Waals surface area contributed by atoms with Gasteiger partial charge < -0.3 is 14.8 Å². The summed E-state index contributed by atoms with van der Waals surface area (Å²) < 4.78 is 5.56. The standard InChI is InChI=1S/C25H26ClN5O4/c26-21-12-18(4-3-17(21)5-8-23-28-30-31(29-23)13-24(32)33)20(11-15-9-10-35-14-15)22-7-6-19(16-1-2-16)25(34)27-22/h3-4,6-7,11-12,15-16H,1-2,5,8-10,13-14H2,(H,27,34)(H,32,33)/b20-11+. The van der Waals surface area contributed by atoms with E-state index in [1.54, 1.807) is 0 Å². The van der Waals surface area contributed by atoms with Crippen molar-refractivity contribution < 1.29 is 14.6 Å². The summed E-state index contributed by atoms with van der Waals surface area (Å²) in [7, 11) is 0. The number of ether oxygens (including phenoxy) is 1. The number of pyridine rings is 1. The molecule has 1 aliphatic heterocycles. The zero-order valence-electron chi connectivity index (χ0n) is 19.1. The van der Waals surface area contributed by atoms with Crippen molar-refractivity contribution in [2.24, 2.45) is 5.92 Å². The molecule has 9 nitrogen and oxygen atoms in total. The van der Waals surface area contributed by atoms with E-state index >= 15 is 0 Å². The van der Waals surface area contributed by atoms with Crippen LogP contribution in [-0.4, -0.2) is 49.5 Å². The second-order valence-electron chi connectivity index (χ2n) is 9.07. The number of carboxylic acids is 1. The van der Waals surface area contributed by atoms with E-state index in [1.807, 2.05) is 30.3 Å². The van der Waals surface area contributed by atoms with Crippen molar-refractivity contribution in [1.29, 1.82) is 0 Å². The van der Waals surface area contributed by atoms with E-state index in [-0.39, 0.29) is 18.0 Å². The van der Waals surface area contributed by atoms with Gasteiger partial charge in [-0.15, -0.1) is 10.2 Å². The van der Waals surface area contributed by atoms with Gasteiger partial charge in [0.15, 0.2) is 12.4 Å². The Morgan fingerprint density at radius 2 is 2.09 bits per heavy atom. The molecule has 0 spiro atoms. The first-order valence-corrected chi connectivity index (χ1v) is 12.1. The molecule has 1 unspecified atom stereocenters. The number of hydrogen-bond acceptors (Lipinski definition) is 6. The van der Waals surface area contributed by atoms with Crippen LogP contribution in [-0.2, 0) is 28.9 Å². The Kier molecular flexibility index (Phi) is 6.79. The number of nitrogens with one attached hydrogen (secondary N) is 1. The highest BCUT2D eigenvalue weighted by atomic mass is 35.5. The molecular formula is C25H26ClN5O4. The fraction of sp³-hybridized carbons (Fsp3) is 0.400. The highest BCUT2D eigenvalue weighted by Gasteiger charge is 2.26. The van der Waals surface area contributed by atoms with Gasteiger partial charge >= 0.3 is 5.97 Å². The lowest BCUT2D eigenvalue weighted by atomic mass is 9.94. The van der Waals surface area contributed by atoms with Gasteiger partial charge in [-0.1, -0.05) is 35.9 Å². The highest BCUT2D eigenvalue weighted by Crippen LogP contribution is 2.38. The van der Waals surface area contributed by atoms with E-state index in [2.05, 4.69) is 26.5 Å². The zero-order valence-corrected chi connectivity index (χ0v) is 19.9. The van der Waals surface area contributed by atoms with Crippen LogP contribution in [0.1, 0.15) is 53.4 Å². The molecule has 35 heavy (non-hydrogen) atoms. The van der Waals surface area contributed by atoms with Gasteiger partial charge in [-0.3, -0.25) is 9.59 Å². The fourth-order valence-electron chi connectivity index (χ4n) is 4.35. The molecule has 0 amide bonds. The molecule has 1 atom stereocenters. The van der Waals surface area contributed by atoms with Crippen LogP contribution < -0.4 is 5.56 Å². The lowest BCUT2D eigenvalue weighted by Crippen LogP contribution is -2.14. The number of tetrazole rings is 1. The molecule has 0 radical (unpaired) electrons. The minimum absolute atomic E-state index is 0.0234. The maximum atomic E-state index is 12.7. The summed E-state index contributed by atoms with van der Waals surface area (Å²) >= 11 is 6.66. The molecule has 10 heteroatoms. The van der Waals surface area contributed by atoms with E-state index in [9.17, 15) is 9.59 Å². The number of aryl methyl sites for hydroxylation is 2. The lowest BCUT2D eigenvalue weighted by Gasteiger charge is -2.14. The Morgan fingerprint density at radius 1 is 1.23 bits per heavy atom. The van der Waals surface area contributed by atoms with E-state index in [0.717, 1.165) is 58.6 Å². The van der Waals surface area contributed by atoms with Gasteiger partial charge in [0, 0.05) is 40.8 Å². The summed E-state index contributed by atoms with van der Waals surface area (Å²) in [6.45, 7) is 1.07. The number of halogens is 1. The second-order valence-corrected chi connectivity index (χ2v) is 9.48. The largest absolute Gasteiger partial charge is 0.480 e. The molecule has 2 aromatic heterocycles. The average molecular weight is 496 g/mol. The van der Waals surface area contributed by atoms with Crippen molar-refractivity contribution in [2.75, 3.05) is 13.2 Å². The predicted molar refractivity (Wildman–Crippen MR) is 129 cm³/mol. The molecule has 3 aromatic rings. The summed E-state index contributed by atoms with van der Waals surface area (Å²) in [5.41, 5.74) is 4.39. The van der Waals surface area contributed by atoms with Gasteiger partial charge in [-0.25, -0.2) is 0 Å². The van der Waals surface area contributed by atoms with Crippen molar-refractivity contribution in [1.82, 2.24) is 25.2 Å². The molecule has 1 saturated carbocycles. The number of nitrogens with zero attached hydrogens (tertiary/aromatic N) is 4. The topological polar surface area (TPSA) is 123 Å². The number of carbonyl (C=O) groups is 1. The maximum absolute atomic E-state index is 12.7. The van der Waals surface area contributed by atoms with Gasteiger partial charge in [0.2, 0.25) is 0 Å². The van der Waals surface area contributed by atoms with Crippen molar-refractivity contribution in [3.05, 3.63) is 80.0 Å². The first-order valence-electron chi connectivity index (χ1n) is 11.8. The molecule has 1 aromatic carbocycles. The second kappa shape index (κ2) is 10.1. The van der Waals surface area contributed by atoms with Crippen LogP contribution in [0.5, 0.6) is 0 Å². The molecule has 2 N–H and O–H groups in total. The van der Waals surface area contributed by atoms with Crippen molar-refractivity contribution >= 4 is 23.1 Å². The van der Waals surface area contributed by atoms with Crippen LogP contribution in [0, 0.1) is 5.92 Å². The Balaban J connectivity index is 1.38. The molecule has 1 saturated heterocycles. The normalized spacial score (nSPS) is 18.2. The quantitative estimate of drug-likeness (QED) is 0.467. The number of hydrogen-bond donors (Lipinski definition) is 2. The van der Waals surface area contributed by atoms with Gasteiger partial charge in [0.05, 0.1) is 6.61 Å². The van der Waals surface area contributed by atoms with E-state index < -0.39 is 5.97 Å². The van der Waals surface area contributed by atoms with Crippen LogP contribution in [0.3, 0.4) is 0 Å². The van der Waals surface area contributed by atoms with Crippen LogP contribution in [0.4, 0.5) is 0 Å². The Hall–Kier alpha value is -3.30. The first kappa shape index (κ1) is 23.4. The Bertz CT molecular complexity index is 1320. The average Bonchev–Trinajstić information content (AvgIpc) is 3.34. The molecule has 5 rings (SSSR count). The predicted octanol–water partition coefficient (Wildman–Crippen LogP) is 3.23. The number of aromatic nitrogens is 5. The first-order chi connectivity index (χ1) is 17.0. The molecule has 182 valence electrons. The number of benzene rings is 1. The fourth-order valence-corrected chi connectivity index (χ4v) is 4.62. The molecule has 2 fully saturated rings. The van der Waals surface area contributed by atoms with Gasteiger partial charge in [-0.05, 0) is 60.1 Å². The van der Waals surface area contributed by atoms with Crippen LogP contribution in [0.2, 0.25) is 5.02 Å². The summed E-state index contributed by atoms with van der Waals surface area (Å²) in [5.74, 6) is 0.0950. The number of H-pyrrole nitrogens is 1. The van der Waals surface area contributed by atoms with Crippen molar-refractivity contribution in [3.8, 4) is 0 Å². The molecule has 3 heterocycles. The summed E-state index contributed by atoms with van der Waals surface area (Å²) in [6, 6.07) is 9.83. The van der Waals surface area contributed by atoms with Crippen LogP contribution in [0.25, 0.3) is 5.57 Å². The zero-order chi connectivity index (χ0) is 24.4. The van der Waals surface area contributed by atoms with Gasteiger partial charge in [-0.2, -0.15) is 4.80 Å². The van der Waals surface area contributed by atoms with Crippen molar-refractivity contribution in [3.63, 3.8) is 0 Å². The van der Waals surface area contributed by atoms with Gasteiger partial charge in [0.25, 0.3) is 5.56 Å². The smallest absolute Gasteiger partial charge is 0.327 e. The molecule has 1 aliphatic carbocycles. The summed E-state index contributed by atoms with van der Waals surface area (Å²) in [6.07, 6.45) is 6.33. The third kappa shape index (κ3) is 5.68. The monoisotopic (exact) mass is 495 g/mol. The number of aromatic amines is 1. The van der Waals surface area contributed by atoms with Crippen LogP contribution >= 0.6 is 11.6 Å². The third-order valence-electron chi connectivity index (χ3n) is 6.37. The molecular weight excluding hydrogens is 470 g/mol. The minimum atomic E-state index is -1.02. The Morgan fingerprint density at radius 3 is 2.77 bits per heavy atom. The lowest BCUT2D eigenvalue weighted by molar-refractivity contribution is -0.138. The molecule has 2 aliphatic rings. The minimum Gasteiger partial charge on any atom is -0.480 e. The summed E-state index contributed by atoms with van der Waals surface area (Å²) in [5, 5.41) is 21.2. The van der Waals surface area contributed by atoms with Crippen molar-refractivity contribution in [2.45, 2.75) is 44.6 Å². The Labute approximate surface area is 206 Å². The third-order valence-corrected chi connectivity index (χ3v) is 6.72. The van der Waals surface area contributed by atoms with E-state index in [0.29, 0.717) is 36.2 Å². The summed E-state index contributed by atoms with van der Waals surface area (Å²) in [4.78, 5) is 27.7. The highest BCUT2D eigenvalue weighted by molar-refractivity contribution is 6.31.